The van der Waals surface area contributed by atoms with E-state index in [-0.39, 0.29) is 5.56 Å². The molecule has 5 nitrogen and oxygen atoms in total. The first-order chi connectivity index (χ1) is 12.6. The van der Waals surface area contributed by atoms with Crippen LogP contribution >= 0.6 is 0 Å². The number of fused-ring (bicyclic) bond motifs is 1. The van der Waals surface area contributed by atoms with Crippen molar-refractivity contribution in [2.45, 2.75) is 13.8 Å². The minimum atomic E-state index is -0.116. The fraction of sp³-hybridized carbons (Fsp3) is 0.0952. The van der Waals surface area contributed by atoms with Gasteiger partial charge in [0, 0.05) is 30.2 Å². The smallest absolute Gasteiger partial charge is 0.267 e. The summed E-state index contributed by atoms with van der Waals surface area (Å²) in [6.45, 7) is 4.00. The summed E-state index contributed by atoms with van der Waals surface area (Å²) >= 11 is 0. The highest BCUT2D eigenvalue weighted by atomic mass is 16.1. The predicted octanol–water partition coefficient (Wildman–Crippen LogP) is 3.67. The minimum absolute atomic E-state index is 0.116. The van der Waals surface area contributed by atoms with Gasteiger partial charge in [-0.1, -0.05) is 29.8 Å². The Bertz CT molecular complexity index is 1150. The second-order valence-electron chi connectivity index (χ2n) is 6.27. The molecule has 0 bridgehead atoms. The molecule has 0 amide bonds. The van der Waals surface area contributed by atoms with Crippen molar-refractivity contribution in [2.24, 2.45) is 0 Å². The molecule has 0 saturated heterocycles. The molecule has 0 radical (unpaired) electrons. The lowest BCUT2D eigenvalue weighted by atomic mass is 10.2. The van der Waals surface area contributed by atoms with E-state index in [4.69, 9.17) is 0 Å². The fourth-order valence-electron chi connectivity index (χ4n) is 2.89. The number of pyridine rings is 1. The summed E-state index contributed by atoms with van der Waals surface area (Å²) in [5.74, 6) is 0. The van der Waals surface area contributed by atoms with Gasteiger partial charge in [-0.05, 0) is 43.7 Å². The van der Waals surface area contributed by atoms with E-state index in [2.05, 4.69) is 9.97 Å². The standard InChI is InChI=1S/C21H18N4O/c1-15-5-9-19(10-6-15)24-14-16(2)21-23-18(12-20(26)25(21)24)8-7-17-4-3-11-22-13-17/h3-14H,1-2H3. The average Bonchev–Trinajstić information content (AvgIpc) is 2.99. The van der Waals surface area contributed by atoms with Crippen molar-refractivity contribution in [1.82, 2.24) is 19.2 Å². The number of aromatic nitrogens is 4. The number of aryl methyl sites for hydroxylation is 2. The van der Waals surface area contributed by atoms with Gasteiger partial charge in [0.05, 0.1) is 11.4 Å². The van der Waals surface area contributed by atoms with Gasteiger partial charge in [-0.25, -0.2) is 4.98 Å². The largest absolute Gasteiger partial charge is 0.273 e. The Balaban J connectivity index is 1.81. The second-order valence-corrected chi connectivity index (χ2v) is 6.27. The highest BCUT2D eigenvalue weighted by Crippen LogP contribution is 2.15. The molecular weight excluding hydrogens is 324 g/mol. The minimum Gasteiger partial charge on any atom is -0.267 e. The molecule has 1 aromatic carbocycles. The van der Waals surface area contributed by atoms with Crippen molar-refractivity contribution in [3.63, 3.8) is 0 Å². The van der Waals surface area contributed by atoms with Crippen molar-refractivity contribution >= 4 is 17.8 Å². The van der Waals surface area contributed by atoms with Crippen LogP contribution in [0.15, 0.2) is 65.8 Å². The molecule has 0 aliphatic rings. The monoisotopic (exact) mass is 342 g/mol. The van der Waals surface area contributed by atoms with Gasteiger partial charge >= 0.3 is 0 Å². The Kier molecular flexibility index (Phi) is 3.97. The van der Waals surface area contributed by atoms with E-state index in [1.807, 2.05) is 73.3 Å². The molecule has 0 fully saturated rings. The zero-order valence-corrected chi connectivity index (χ0v) is 14.6. The Hall–Kier alpha value is -3.47. The maximum absolute atomic E-state index is 12.7. The third-order valence-electron chi connectivity index (χ3n) is 4.23. The molecule has 5 heteroatoms. The predicted molar refractivity (Wildman–Crippen MR) is 103 cm³/mol. The number of hydrogen-bond donors (Lipinski definition) is 0. The Morgan fingerprint density at radius 2 is 1.85 bits per heavy atom. The summed E-state index contributed by atoms with van der Waals surface area (Å²) in [6.07, 6.45) is 9.16. The normalized spacial score (nSPS) is 11.5. The molecule has 0 saturated carbocycles. The molecule has 4 aromatic rings. The molecule has 26 heavy (non-hydrogen) atoms. The maximum Gasteiger partial charge on any atom is 0.273 e. The zero-order valence-electron chi connectivity index (χ0n) is 14.6. The van der Waals surface area contributed by atoms with E-state index in [0.717, 1.165) is 16.8 Å². The van der Waals surface area contributed by atoms with Crippen LogP contribution in [0.5, 0.6) is 0 Å². The molecule has 4 rings (SSSR count). The fourth-order valence-corrected chi connectivity index (χ4v) is 2.89. The number of nitrogens with zero attached hydrogens (tertiary/aromatic N) is 4. The Labute approximate surface area is 150 Å². The van der Waals surface area contributed by atoms with Gasteiger partial charge in [0.15, 0.2) is 5.65 Å². The van der Waals surface area contributed by atoms with Gasteiger partial charge in [0.1, 0.15) is 0 Å². The van der Waals surface area contributed by atoms with Crippen LogP contribution in [0.2, 0.25) is 0 Å². The van der Waals surface area contributed by atoms with Crippen LogP contribution in [0.3, 0.4) is 0 Å². The van der Waals surface area contributed by atoms with E-state index >= 15 is 0 Å². The molecule has 128 valence electrons. The lowest BCUT2D eigenvalue weighted by Gasteiger charge is -2.07. The summed E-state index contributed by atoms with van der Waals surface area (Å²) in [6, 6.07) is 13.4. The van der Waals surface area contributed by atoms with Gasteiger partial charge in [-0.2, -0.15) is 4.52 Å². The van der Waals surface area contributed by atoms with E-state index in [1.165, 1.54) is 5.56 Å². The molecule has 3 aromatic heterocycles. The molecule has 0 atom stereocenters. The van der Waals surface area contributed by atoms with E-state index < -0.39 is 0 Å². The first-order valence-corrected chi connectivity index (χ1v) is 8.39. The van der Waals surface area contributed by atoms with Gasteiger partial charge in [-0.3, -0.25) is 14.5 Å². The van der Waals surface area contributed by atoms with Crippen LogP contribution in [0.1, 0.15) is 22.4 Å². The Morgan fingerprint density at radius 1 is 1.04 bits per heavy atom. The third kappa shape index (κ3) is 2.95. The van der Waals surface area contributed by atoms with Gasteiger partial charge < -0.3 is 0 Å². The van der Waals surface area contributed by atoms with Crippen LogP contribution in [-0.2, 0) is 0 Å². The van der Waals surface area contributed by atoms with E-state index in [0.29, 0.717) is 11.3 Å². The van der Waals surface area contributed by atoms with Crippen molar-refractivity contribution in [3.8, 4) is 5.69 Å². The summed E-state index contributed by atoms with van der Waals surface area (Å²) in [5.41, 5.74) is 5.18. The second kappa shape index (κ2) is 6.44. The van der Waals surface area contributed by atoms with Gasteiger partial charge in [0.25, 0.3) is 5.56 Å². The molecule has 3 heterocycles. The van der Waals surface area contributed by atoms with Gasteiger partial charge in [-0.15, -0.1) is 0 Å². The van der Waals surface area contributed by atoms with Crippen LogP contribution in [0, 0.1) is 13.8 Å². The summed E-state index contributed by atoms with van der Waals surface area (Å²) in [5, 5.41) is 0. The lowest BCUT2D eigenvalue weighted by Crippen LogP contribution is -2.20. The number of rotatable bonds is 3. The van der Waals surface area contributed by atoms with E-state index in [1.54, 1.807) is 23.0 Å². The molecule has 0 aliphatic carbocycles. The summed E-state index contributed by atoms with van der Waals surface area (Å²) < 4.78 is 3.44. The summed E-state index contributed by atoms with van der Waals surface area (Å²) in [7, 11) is 0. The quantitative estimate of drug-likeness (QED) is 0.571. The summed E-state index contributed by atoms with van der Waals surface area (Å²) in [4.78, 5) is 21.5. The highest BCUT2D eigenvalue weighted by Gasteiger charge is 2.11. The first-order valence-electron chi connectivity index (χ1n) is 8.39. The Morgan fingerprint density at radius 3 is 2.58 bits per heavy atom. The SMILES string of the molecule is Cc1ccc(-n2cc(C)c3nc(C=Cc4cccnc4)cc(=O)n32)cc1. The van der Waals surface area contributed by atoms with Crippen molar-refractivity contribution in [2.75, 3.05) is 0 Å². The maximum atomic E-state index is 12.7. The van der Waals surface area contributed by atoms with Crippen molar-refractivity contribution < 1.29 is 0 Å². The first kappa shape index (κ1) is 16.0. The van der Waals surface area contributed by atoms with Crippen LogP contribution in [-0.4, -0.2) is 19.2 Å². The third-order valence-corrected chi connectivity index (χ3v) is 4.23. The van der Waals surface area contributed by atoms with Crippen molar-refractivity contribution in [1.29, 1.82) is 0 Å². The number of benzene rings is 1. The average molecular weight is 342 g/mol. The van der Waals surface area contributed by atoms with Crippen LogP contribution < -0.4 is 5.56 Å². The molecular formula is C21H18N4O. The van der Waals surface area contributed by atoms with Crippen molar-refractivity contribution in [3.05, 3.63) is 93.8 Å². The number of hydrogen-bond acceptors (Lipinski definition) is 3. The lowest BCUT2D eigenvalue weighted by molar-refractivity contribution is 0.763. The highest BCUT2D eigenvalue weighted by molar-refractivity contribution is 5.68. The molecule has 0 unspecified atom stereocenters. The molecule has 0 spiro atoms. The topological polar surface area (TPSA) is 52.2 Å². The zero-order chi connectivity index (χ0) is 18.1. The van der Waals surface area contributed by atoms with E-state index in [9.17, 15) is 4.79 Å². The molecule has 0 N–H and O–H groups in total. The van der Waals surface area contributed by atoms with Gasteiger partial charge in [0.2, 0.25) is 0 Å². The molecule has 0 aliphatic heterocycles. The van der Waals surface area contributed by atoms with Crippen LogP contribution in [0.4, 0.5) is 0 Å². The van der Waals surface area contributed by atoms with Crippen LogP contribution in [0.25, 0.3) is 23.5 Å².